The van der Waals surface area contributed by atoms with Crippen LogP contribution < -0.4 is 0 Å². The molecule has 2 aromatic rings. The predicted molar refractivity (Wildman–Crippen MR) is 81.2 cm³/mol. The van der Waals surface area contributed by atoms with Crippen LogP contribution in [0.4, 0.5) is 0 Å². The van der Waals surface area contributed by atoms with E-state index < -0.39 is 0 Å². The predicted octanol–water partition coefficient (Wildman–Crippen LogP) is 4.53. The van der Waals surface area contributed by atoms with E-state index in [0.29, 0.717) is 5.57 Å². The molecule has 0 bridgehead atoms. The second-order valence-corrected chi connectivity index (χ2v) is 4.78. The van der Waals surface area contributed by atoms with E-state index in [0.717, 1.165) is 16.7 Å². The molecular formula is C18H18O2. The fraction of sp³-hybridized carbons (Fsp3) is 0.167. The first-order chi connectivity index (χ1) is 9.59. The van der Waals surface area contributed by atoms with Crippen molar-refractivity contribution in [1.29, 1.82) is 0 Å². The number of ether oxygens (including phenoxy) is 1. The van der Waals surface area contributed by atoms with Gasteiger partial charge in [-0.2, -0.15) is 0 Å². The summed E-state index contributed by atoms with van der Waals surface area (Å²) >= 11 is 0. The molecule has 2 heteroatoms. The molecule has 0 aliphatic carbocycles. The summed E-state index contributed by atoms with van der Waals surface area (Å²) in [6.07, 6.45) is -0.310. The molecule has 2 nitrogen and oxygen atoms in total. The fourth-order valence-corrected chi connectivity index (χ4v) is 2.06. The van der Waals surface area contributed by atoms with Crippen molar-refractivity contribution in [2.24, 2.45) is 0 Å². The third-order valence-corrected chi connectivity index (χ3v) is 3.12. The zero-order valence-electron chi connectivity index (χ0n) is 11.8. The Morgan fingerprint density at radius 1 is 1.05 bits per heavy atom. The molecule has 1 atom stereocenters. The Morgan fingerprint density at radius 3 is 2.30 bits per heavy atom. The monoisotopic (exact) mass is 266 g/mol. The summed E-state index contributed by atoms with van der Waals surface area (Å²) in [5.74, 6) is -0.361. The number of hydrogen-bond donors (Lipinski definition) is 0. The molecule has 0 radical (unpaired) electrons. The van der Waals surface area contributed by atoms with E-state index in [2.05, 4.69) is 6.58 Å². The van der Waals surface area contributed by atoms with Gasteiger partial charge in [-0.3, -0.25) is 0 Å². The maximum atomic E-state index is 11.7. The van der Waals surface area contributed by atoms with Crippen molar-refractivity contribution in [1.82, 2.24) is 0 Å². The number of carbonyl (C=O) groups excluding carboxylic acids is 1. The summed E-state index contributed by atoms with van der Waals surface area (Å²) in [4.78, 5) is 11.7. The molecule has 0 aliphatic heterocycles. The number of esters is 1. The van der Waals surface area contributed by atoms with E-state index in [4.69, 9.17) is 4.74 Å². The maximum absolute atomic E-state index is 11.7. The topological polar surface area (TPSA) is 26.3 Å². The highest BCUT2D eigenvalue weighted by molar-refractivity contribution is 5.87. The lowest BCUT2D eigenvalue weighted by molar-refractivity contribution is -0.143. The molecule has 0 amide bonds. The smallest absolute Gasteiger partial charge is 0.333 e. The summed E-state index contributed by atoms with van der Waals surface area (Å²) in [6.45, 7) is 7.14. The Labute approximate surface area is 119 Å². The largest absolute Gasteiger partial charge is 0.454 e. The zero-order valence-corrected chi connectivity index (χ0v) is 11.8. The second-order valence-electron chi connectivity index (χ2n) is 4.78. The van der Waals surface area contributed by atoms with Gasteiger partial charge in [0.1, 0.15) is 6.10 Å². The molecule has 2 rings (SSSR count). The third kappa shape index (κ3) is 3.15. The molecule has 0 saturated heterocycles. The van der Waals surface area contributed by atoms with Gasteiger partial charge in [-0.25, -0.2) is 4.79 Å². The summed E-state index contributed by atoms with van der Waals surface area (Å²) in [5.41, 5.74) is 3.60. The quantitative estimate of drug-likeness (QED) is 0.600. The van der Waals surface area contributed by atoms with Crippen LogP contribution in [-0.4, -0.2) is 5.97 Å². The number of benzene rings is 2. The van der Waals surface area contributed by atoms with E-state index in [1.165, 1.54) is 0 Å². The molecule has 0 fully saturated rings. The van der Waals surface area contributed by atoms with Gasteiger partial charge in [-0.05, 0) is 30.5 Å². The van der Waals surface area contributed by atoms with Crippen molar-refractivity contribution in [2.75, 3.05) is 0 Å². The first-order valence-electron chi connectivity index (χ1n) is 6.60. The minimum atomic E-state index is -0.361. The van der Waals surface area contributed by atoms with Crippen molar-refractivity contribution in [3.05, 3.63) is 72.3 Å². The molecular weight excluding hydrogens is 248 g/mol. The minimum absolute atomic E-state index is 0.310. The highest BCUT2D eigenvalue weighted by atomic mass is 16.5. The SMILES string of the molecule is C=C(C)C(=O)OC(C)c1ccccc1-c1ccccc1. The van der Waals surface area contributed by atoms with Crippen molar-refractivity contribution in [2.45, 2.75) is 20.0 Å². The lowest BCUT2D eigenvalue weighted by atomic mass is 9.97. The number of hydrogen-bond acceptors (Lipinski definition) is 2. The number of carbonyl (C=O) groups is 1. The second kappa shape index (κ2) is 6.20. The molecule has 0 spiro atoms. The van der Waals surface area contributed by atoms with E-state index >= 15 is 0 Å². The van der Waals surface area contributed by atoms with Gasteiger partial charge in [0.2, 0.25) is 0 Å². The Balaban J connectivity index is 2.33. The third-order valence-electron chi connectivity index (χ3n) is 3.12. The molecule has 102 valence electrons. The van der Waals surface area contributed by atoms with Crippen molar-refractivity contribution in [3.8, 4) is 11.1 Å². The van der Waals surface area contributed by atoms with Gasteiger partial charge in [0.15, 0.2) is 0 Å². The van der Waals surface area contributed by atoms with Gasteiger partial charge in [-0.1, -0.05) is 61.2 Å². The average molecular weight is 266 g/mol. The van der Waals surface area contributed by atoms with Crippen molar-refractivity contribution in [3.63, 3.8) is 0 Å². The normalized spacial score (nSPS) is 11.7. The zero-order chi connectivity index (χ0) is 14.5. The van der Waals surface area contributed by atoms with Gasteiger partial charge in [-0.15, -0.1) is 0 Å². The summed E-state index contributed by atoms with van der Waals surface area (Å²) in [6, 6.07) is 18.0. The Bertz CT molecular complexity index is 614. The molecule has 0 saturated carbocycles. The first kappa shape index (κ1) is 14.1. The van der Waals surface area contributed by atoms with Crippen LogP contribution in [0.3, 0.4) is 0 Å². The summed E-state index contributed by atoms with van der Waals surface area (Å²) in [5, 5.41) is 0. The highest BCUT2D eigenvalue weighted by Crippen LogP contribution is 2.30. The fourth-order valence-electron chi connectivity index (χ4n) is 2.06. The van der Waals surface area contributed by atoms with Crippen molar-refractivity contribution >= 4 is 5.97 Å². The highest BCUT2D eigenvalue weighted by Gasteiger charge is 2.15. The summed E-state index contributed by atoms with van der Waals surface area (Å²) in [7, 11) is 0. The van der Waals surface area contributed by atoms with Crippen LogP contribution in [0.2, 0.25) is 0 Å². The molecule has 0 aromatic heterocycles. The molecule has 2 aromatic carbocycles. The lowest BCUT2D eigenvalue weighted by Crippen LogP contribution is -2.10. The Morgan fingerprint density at radius 2 is 1.65 bits per heavy atom. The standard InChI is InChI=1S/C18H18O2/c1-13(2)18(19)20-14(3)16-11-7-8-12-17(16)15-9-5-4-6-10-15/h4-12,14H,1H2,2-3H3. The first-order valence-corrected chi connectivity index (χ1v) is 6.60. The molecule has 0 N–H and O–H groups in total. The molecule has 1 unspecified atom stereocenters. The number of rotatable bonds is 4. The lowest BCUT2D eigenvalue weighted by Gasteiger charge is -2.17. The molecule has 0 aliphatic rings. The van der Waals surface area contributed by atoms with Gasteiger partial charge in [0, 0.05) is 5.57 Å². The van der Waals surface area contributed by atoms with Gasteiger partial charge in [0.25, 0.3) is 0 Å². The van der Waals surface area contributed by atoms with Crippen LogP contribution in [0.5, 0.6) is 0 Å². The van der Waals surface area contributed by atoms with Gasteiger partial charge >= 0.3 is 5.97 Å². The van der Waals surface area contributed by atoms with Crippen molar-refractivity contribution < 1.29 is 9.53 Å². The Hall–Kier alpha value is -2.35. The van der Waals surface area contributed by atoms with Crippen LogP contribution in [-0.2, 0) is 9.53 Å². The minimum Gasteiger partial charge on any atom is -0.454 e. The van der Waals surface area contributed by atoms with Crippen LogP contribution in [0.1, 0.15) is 25.5 Å². The van der Waals surface area contributed by atoms with Gasteiger partial charge in [0.05, 0.1) is 0 Å². The van der Waals surface area contributed by atoms with E-state index in [1.807, 2.05) is 61.5 Å². The van der Waals surface area contributed by atoms with E-state index in [1.54, 1.807) is 6.92 Å². The molecule has 0 heterocycles. The van der Waals surface area contributed by atoms with Crippen LogP contribution in [0, 0.1) is 0 Å². The van der Waals surface area contributed by atoms with E-state index in [-0.39, 0.29) is 12.1 Å². The van der Waals surface area contributed by atoms with Crippen LogP contribution in [0.15, 0.2) is 66.7 Å². The van der Waals surface area contributed by atoms with Crippen LogP contribution >= 0.6 is 0 Å². The maximum Gasteiger partial charge on any atom is 0.333 e. The molecule has 20 heavy (non-hydrogen) atoms. The Kier molecular flexibility index (Phi) is 4.36. The van der Waals surface area contributed by atoms with Crippen LogP contribution in [0.25, 0.3) is 11.1 Å². The summed E-state index contributed by atoms with van der Waals surface area (Å²) < 4.78 is 5.42. The average Bonchev–Trinajstić information content (AvgIpc) is 2.48. The van der Waals surface area contributed by atoms with E-state index in [9.17, 15) is 4.79 Å². The van der Waals surface area contributed by atoms with Gasteiger partial charge < -0.3 is 4.74 Å².